The summed E-state index contributed by atoms with van der Waals surface area (Å²) in [6.07, 6.45) is 14.4. The third kappa shape index (κ3) is 6.96. The van der Waals surface area contributed by atoms with E-state index < -0.39 is 5.60 Å². The topological polar surface area (TPSA) is 69.9 Å². The standard InChI is InChI=1S/C23H38O2.C17H17Cl2NO/c1-15(14-24)18-7-8-19-17-6-5-16-13-21(2,25)11-12-22(16,3)20(17)9-10-23(18,19)4;1-2-3-10-20-17(13-6-4-5-7-15(13)19)14-11-12(18)8-9-16(14)21/h14-20,25H,5-13H2,1-4H3;4-9,11,21H,2-3,10H2,1H3/t15?,16-,17-,18+,19-,20-,21-,22-,23+;/m0./s1. The van der Waals surface area contributed by atoms with E-state index in [0.29, 0.717) is 50.5 Å². The molecule has 0 aromatic heterocycles. The van der Waals surface area contributed by atoms with Crippen LogP contribution in [0.3, 0.4) is 0 Å². The Hall–Kier alpha value is -1.88. The highest BCUT2D eigenvalue weighted by Crippen LogP contribution is 2.68. The van der Waals surface area contributed by atoms with Crippen LogP contribution < -0.4 is 0 Å². The lowest BCUT2D eigenvalue weighted by Gasteiger charge is -2.62. The third-order valence-corrected chi connectivity index (χ3v) is 13.6. The summed E-state index contributed by atoms with van der Waals surface area (Å²) in [5, 5.41) is 21.9. The van der Waals surface area contributed by atoms with Crippen molar-refractivity contribution in [2.24, 2.45) is 51.3 Å². The van der Waals surface area contributed by atoms with Crippen molar-refractivity contribution >= 4 is 35.2 Å². The van der Waals surface area contributed by atoms with E-state index in [1.807, 2.05) is 24.3 Å². The Labute approximate surface area is 287 Å². The van der Waals surface area contributed by atoms with Gasteiger partial charge in [-0.1, -0.05) is 75.5 Å². The van der Waals surface area contributed by atoms with E-state index in [1.165, 1.54) is 51.2 Å². The monoisotopic (exact) mass is 667 g/mol. The summed E-state index contributed by atoms with van der Waals surface area (Å²) in [6, 6.07) is 12.4. The van der Waals surface area contributed by atoms with Crippen molar-refractivity contribution in [1.82, 2.24) is 0 Å². The number of aldehydes is 1. The van der Waals surface area contributed by atoms with E-state index in [-0.39, 0.29) is 11.7 Å². The molecule has 6 heteroatoms. The maximum Gasteiger partial charge on any atom is 0.125 e. The van der Waals surface area contributed by atoms with Gasteiger partial charge in [-0.25, -0.2) is 0 Å². The fourth-order valence-electron chi connectivity index (χ4n) is 10.4. The molecule has 4 aliphatic rings. The van der Waals surface area contributed by atoms with Gasteiger partial charge in [0, 0.05) is 33.6 Å². The number of hydrogen-bond acceptors (Lipinski definition) is 4. The Morgan fingerprint density at radius 1 is 0.957 bits per heavy atom. The second-order valence-electron chi connectivity index (χ2n) is 15.8. The lowest BCUT2D eigenvalue weighted by molar-refractivity contribution is -0.148. The number of hydrogen-bond donors (Lipinski definition) is 2. The van der Waals surface area contributed by atoms with Crippen LogP contribution in [0.15, 0.2) is 47.5 Å². The third-order valence-electron chi connectivity index (χ3n) is 13.0. The van der Waals surface area contributed by atoms with Gasteiger partial charge in [-0.3, -0.25) is 4.99 Å². The van der Waals surface area contributed by atoms with Crippen molar-refractivity contribution in [3.05, 3.63) is 63.6 Å². The molecule has 0 bridgehead atoms. The fraction of sp³-hybridized carbons (Fsp3) is 0.650. The Balaban J connectivity index is 0.000000184. The van der Waals surface area contributed by atoms with Gasteiger partial charge >= 0.3 is 0 Å². The van der Waals surface area contributed by atoms with Crippen LogP contribution in [-0.2, 0) is 4.79 Å². The molecule has 4 aliphatic carbocycles. The number of phenols is 1. The average Bonchev–Trinajstić information content (AvgIpc) is 3.39. The number of benzene rings is 2. The van der Waals surface area contributed by atoms with Gasteiger partial charge in [0.1, 0.15) is 12.0 Å². The Kier molecular flexibility index (Phi) is 11.0. The van der Waals surface area contributed by atoms with Crippen LogP contribution in [0.2, 0.25) is 10.0 Å². The van der Waals surface area contributed by atoms with Crippen molar-refractivity contribution in [3.63, 3.8) is 0 Å². The maximum absolute atomic E-state index is 11.5. The van der Waals surface area contributed by atoms with Gasteiger partial charge in [-0.15, -0.1) is 0 Å². The number of carbonyl (C=O) groups excluding carboxylic acids is 1. The number of phenolic OH excluding ortho intramolecular Hbond substituents is 1. The van der Waals surface area contributed by atoms with Gasteiger partial charge in [-0.05, 0) is 136 Å². The molecule has 0 amide bonds. The van der Waals surface area contributed by atoms with E-state index in [0.717, 1.165) is 49.0 Å². The molecule has 4 nitrogen and oxygen atoms in total. The predicted octanol–water partition coefficient (Wildman–Crippen LogP) is 10.6. The molecular weight excluding hydrogens is 613 g/mol. The number of rotatable bonds is 7. The zero-order chi connectivity index (χ0) is 33.3. The molecule has 4 saturated carbocycles. The van der Waals surface area contributed by atoms with E-state index >= 15 is 0 Å². The number of carbonyl (C=O) groups is 1. The normalized spacial score (nSPS) is 36.0. The van der Waals surface area contributed by atoms with Gasteiger partial charge in [0.15, 0.2) is 0 Å². The number of nitrogens with zero attached hydrogens (tertiary/aromatic N) is 1. The number of aliphatic hydroxyl groups is 1. The first kappa shape index (κ1) is 35.4. The van der Waals surface area contributed by atoms with Gasteiger partial charge in [0.05, 0.1) is 11.3 Å². The summed E-state index contributed by atoms with van der Waals surface area (Å²) in [5.74, 6) is 4.25. The quantitative estimate of drug-likeness (QED) is 0.175. The molecule has 2 N–H and O–H groups in total. The summed E-state index contributed by atoms with van der Waals surface area (Å²) >= 11 is 12.3. The van der Waals surface area contributed by atoms with Crippen LogP contribution in [0.4, 0.5) is 0 Å². The Morgan fingerprint density at radius 2 is 1.70 bits per heavy atom. The van der Waals surface area contributed by atoms with Crippen LogP contribution in [0, 0.1) is 46.3 Å². The minimum Gasteiger partial charge on any atom is -0.507 e. The summed E-state index contributed by atoms with van der Waals surface area (Å²) in [5.41, 5.74) is 2.48. The number of aromatic hydroxyl groups is 1. The minimum absolute atomic E-state index is 0.148. The summed E-state index contributed by atoms with van der Waals surface area (Å²) in [7, 11) is 0. The predicted molar refractivity (Wildman–Crippen MR) is 191 cm³/mol. The van der Waals surface area contributed by atoms with Crippen LogP contribution in [0.1, 0.15) is 116 Å². The molecule has 9 atom stereocenters. The van der Waals surface area contributed by atoms with Crippen LogP contribution in [0.25, 0.3) is 0 Å². The first-order chi connectivity index (χ1) is 21.8. The molecule has 0 spiro atoms. The smallest absolute Gasteiger partial charge is 0.125 e. The second-order valence-corrected chi connectivity index (χ2v) is 16.7. The average molecular weight is 669 g/mol. The van der Waals surface area contributed by atoms with E-state index in [9.17, 15) is 15.0 Å². The van der Waals surface area contributed by atoms with Crippen LogP contribution in [-0.4, -0.2) is 34.4 Å². The van der Waals surface area contributed by atoms with Crippen molar-refractivity contribution in [1.29, 1.82) is 0 Å². The lowest BCUT2D eigenvalue weighted by atomic mass is 9.43. The molecule has 2 aromatic rings. The molecule has 252 valence electrons. The minimum atomic E-state index is -0.432. The largest absolute Gasteiger partial charge is 0.507 e. The highest BCUT2D eigenvalue weighted by molar-refractivity contribution is 6.36. The highest BCUT2D eigenvalue weighted by atomic mass is 35.5. The first-order valence-electron chi connectivity index (χ1n) is 17.8. The van der Waals surface area contributed by atoms with E-state index in [4.69, 9.17) is 23.2 Å². The van der Waals surface area contributed by atoms with Crippen molar-refractivity contribution in [3.8, 4) is 5.75 Å². The van der Waals surface area contributed by atoms with Gasteiger partial charge < -0.3 is 15.0 Å². The molecular formula is C40H55Cl2NO3. The summed E-state index contributed by atoms with van der Waals surface area (Å²) in [6.45, 7) is 12.1. The van der Waals surface area contributed by atoms with Crippen molar-refractivity contribution in [2.45, 2.75) is 111 Å². The zero-order valence-corrected chi connectivity index (χ0v) is 30.1. The first-order valence-corrected chi connectivity index (χ1v) is 18.6. The number of unbranched alkanes of at least 4 members (excludes halogenated alkanes) is 1. The molecule has 2 aromatic carbocycles. The summed E-state index contributed by atoms with van der Waals surface area (Å²) < 4.78 is 0. The maximum atomic E-state index is 11.5. The zero-order valence-electron chi connectivity index (χ0n) is 28.6. The SMILES string of the molecule is CC(C=O)[C@H]1CC[C@H]2[C@@H]3CC[C@H]4C[C@@](C)(O)CC[C@]4(C)[C@H]3CC[C@]12C.CCCCN=C(c1cc(Cl)ccc1O)c1ccccc1Cl. The lowest BCUT2D eigenvalue weighted by Crippen LogP contribution is -2.55. The molecule has 1 unspecified atom stereocenters. The number of halogens is 2. The Morgan fingerprint density at radius 3 is 2.41 bits per heavy atom. The van der Waals surface area contributed by atoms with Gasteiger partial charge in [-0.2, -0.15) is 0 Å². The van der Waals surface area contributed by atoms with E-state index in [2.05, 4.69) is 39.6 Å². The van der Waals surface area contributed by atoms with Gasteiger partial charge in [0.2, 0.25) is 0 Å². The highest BCUT2D eigenvalue weighted by Gasteiger charge is 2.61. The second kappa shape index (κ2) is 14.3. The van der Waals surface area contributed by atoms with Crippen LogP contribution in [0.5, 0.6) is 5.75 Å². The molecule has 6 rings (SSSR count). The van der Waals surface area contributed by atoms with Crippen molar-refractivity contribution in [2.75, 3.05) is 6.54 Å². The molecule has 0 aliphatic heterocycles. The number of aliphatic imine (C=N–C) groups is 1. The van der Waals surface area contributed by atoms with Gasteiger partial charge in [0.25, 0.3) is 0 Å². The fourth-order valence-corrected chi connectivity index (χ4v) is 10.8. The molecule has 0 radical (unpaired) electrons. The molecule has 46 heavy (non-hydrogen) atoms. The van der Waals surface area contributed by atoms with E-state index in [1.54, 1.807) is 18.2 Å². The van der Waals surface area contributed by atoms with Crippen molar-refractivity contribution < 1.29 is 15.0 Å². The summed E-state index contributed by atoms with van der Waals surface area (Å²) in [4.78, 5) is 16.1. The molecule has 0 heterocycles. The van der Waals surface area contributed by atoms with Crippen LogP contribution >= 0.6 is 23.2 Å². The number of fused-ring (bicyclic) bond motifs is 5. The molecule has 4 fully saturated rings. The Bertz CT molecular complexity index is 1410. The molecule has 0 saturated heterocycles.